The number of pyridine rings is 1. The van der Waals surface area contributed by atoms with Gasteiger partial charge in [-0.15, -0.1) is 11.3 Å². The average Bonchev–Trinajstić information content (AvgIpc) is 3.72. The molecule has 1 N–H and O–H groups in total. The summed E-state index contributed by atoms with van der Waals surface area (Å²) in [6, 6.07) is 12.3. The van der Waals surface area contributed by atoms with Crippen LogP contribution in [0.15, 0.2) is 61.3 Å². The Morgan fingerprint density at radius 1 is 0.976 bits per heavy atom. The lowest BCUT2D eigenvalue weighted by Crippen LogP contribution is -2.45. The molecular formula is C31H32N10S. The topological polar surface area (TPSA) is 92.8 Å². The summed E-state index contributed by atoms with van der Waals surface area (Å²) in [6.45, 7) is 7.14. The molecule has 0 atom stereocenters. The van der Waals surface area contributed by atoms with Gasteiger partial charge in [-0.1, -0.05) is 6.07 Å². The van der Waals surface area contributed by atoms with Gasteiger partial charge in [0, 0.05) is 66.6 Å². The van der Waals surface area contributed by atoms with Gasteiger partial charge in [0.15, 0.2) is 0 Å². The van der Waals surface area contributed by atoms with Crippen LogP contribution in [0.3, 0.4) is 0 Å². The summed E-state index contributed by atoms with van der Waals surface area (Å²) >= 11 is 1.75. The minimum absolute atomic E-state index is 0.638. The van der Waals surface area contributed by atoms with E-state index in [4.69, 9.17) is 10.1 Å². The molecule has 11 heteroatoms. The van der Waals surface area contributed by atoms with E-state index in [9.17, 15) is 0 Å². The van der Waals surface area contributed by atoms with Gasteiger partial charge in [-0.3, -0.25) is 19.2 Å². The Balaban J connectivity index is 1.05. The number of piperazine rings is 1. The smallest absolute Gasteiger partial charge is 0.142 e. The van der Waals surface area contributed by atoms with Crippen molar-refractivity contribution in [2.24, 2.45) is 0 Å². The Hall–Kier alpha value is -4.19. The molecule has 212 valence electrons. The van der Waals surface area contributed by atoms with Gasteiger partial charge in [-0.2, -0.15) is 10.2 Å². The van der Waals surface area contributed by atoms with E-state index in [1.54, 1.807) is 17.7 Å². The lowest BCUT2D eigenvalue weighted by atomic mass is 9.95. The fraction of sp³-hybridized carbons (Fsp3) is 0.323. The number of fused-ring (bicyclic) bond motifs is 6. The van der Waals surface area contributed by atoms with Crippen LogP contribution in [0, 0.1) is 0 Å². The summed E-state index contributed by atoms with van der Waals surface area (Å²) in [7, 11) is 2.20. The summed E-state index contributed by atoms with van der Waals surface area (Å²) in [6.07, 6.45) is 9.52. The molecule has 0 saturated carbocycles. The van der Waals surface area contributed by atoms with Crippen molar-refractivity contribution in [2.75, 3.05) is 45.1 Å². The maximum atomic E-state index is 4.99. The lowest BCUT2D eigenvalue weighted by Gasteiger charge is -2.32. The van der Waals surface area contributed by atoms with Gasteiger partial charge in [0.2, 0.25) is 0 Å². The lowest BCUT2D eigenvalue weighted by molar-refractivity contribution is 0.148. The number of thiophene rings is 1. The molecule has 0 unspecified atom stereocenters. The molecule has 2 aliphatic rings. The van der Waals surface area contributed by atoms with Crippen LogP contribution in [-0.2, 0) is 25.9 Å². The van der Waals surface area contributed by atoms with Crippen molar-refractivity contribution in [2.45, 2.75) is 25.9 Å². The van der Waals surface area contributed by atoms with Gasteiger partial charge < -0.3 is 10.2 Å². The zero-order valence-electron chi connectivity index (χ0n) is 23.6. The number of rotatable bonds is 7. The van der Waals surface area contributed by atoms with E-state index < -0.39 is 0 Å². The van der Waals surface area contributed by atoms with Crippen molar-refractivity contribution >= 4 is 44.0 Å². The molecule has 0 radical (unpaired) electrons. The number of nitrogens with one attached hydrogen (secondary N) is 1. The number of anilines is 2. The van der Waals surface area contributed by atoms with Gasteiger partial charge in [0.05, 0.1) is 41.6 Å². The third kappa shape index (κ3) is 4.73. The summed E-state index contributed by atoms with van der Waals surface area (Å²) in [5, 5.41) is 15.4. The highest BCUT2D eigenvalue weighted by molar-refractivity contribution is 7.22. The highest BCUT2D eigenvalue weighted by Gasteiger charge is 2.26. The molecule has 0 bridgehead atoms. The number of hydrogen-bond acceptors (Lipinski definition) is 9. The molecule has 5 aromatic heterocycles. The average molecular weight is 577 g/mol. The molecule has 0 spiro atoms. The van der Waals surface area contributed by atoms with Gasteiger partial charge in [0.1, 0.15) is 17.0 Å². The van der Waals surface area contributed by atoms with E-state index in [2.05, 4.69) is 66.3 Å². The van der Waals surface area contributed by atoms with Crippen LogP contribution >= 0.6 is 11.3 Å². The van der Waals surface area contributed by atoms with Crippen LogP contribution in [-0.4, -0.2) is 84.1 Å². The molecule has 6 heterocycles. The fourth-order valence-corrected chi connectivity index (χ4v) is 7.35. The maximum absolute atomic E-state index is 4.99. The molecule has 0 amide bonds. The molecule has 1 aromatic carbocycles. The van der Waals surface area contributed by atoms with E-state index in [1.807, 2.05) is 35.3 Å². The molecule has 1 saturated heterocycles. The van der Waals surface area contributed by atoms with E-state index in [-0.39, 0.29) is 0 Å². The minimum atomic E-state index is 0.638. The minimum Gasteiger partial charge on any atom is -0.340 e. The Morgan fingerprint density at radius 2 is 1.90 bits per heavy atom. The maximum Gasteiger partial charge on any atom is 0.142 e. The first-order valence-electron chi connectivity index (χ1n) is 14.5. The first-order chi connectivity index (χ1) is 20.7. The fourth-order valence-electron chi connectivity index (χ4n) is 6.12. The number of nitrogens with zero attached hydrogens (tertiary/aromatic N) is 9. The second kappa shape index (κ2) is 10.6. The highest BCUT2D eigenvalue weighted by atomic mass is 32.1. The Morgan fingerprint density at radius 3 is 2.79 bits per heavy atom. The normalized spacial score (nSPS) is 15.7. The van der Waals surface area contributed by atoms with Crippen molar-refractivity contribution in [3.63, 3.8) is 0 Å². The number of likely N-dealkylation sites (N-methyl/N-ethyl adjacent to an activating group) is 1. The molecule has 1 aliphatic carbocycles. The summed E-state index contributed by atoms with van der Waals surface area (Å²) in [4.78, 5) is 21.1. The Kier molecular flexibility index (Phi) is 6.42. The first-order valence-corrected chi connectivity index (χ1v) is 15.4. The SMILES string of the molecule is CN1CCN(CCn2cc3c(n2)CCc2c-3sc3ncnc(Nc4ccc5c(cnn5Cc5ccccn5)c4)c23)CC1. The molecular weight excluding hydrogens is 544 g/mol. The zero-order chi connectivity index (χ0) is 28.0. The van der Waals surface area contributed by atoms with Gasteiger partial charge in [-0.25, -0.2) is 9.97 Å². The molecule has 8 rings (SSSR count). The molecule has 10 nitrogen and oxygen atoms in total. The summed E-state index contributed by atoms with van der Waals surface area (Å²) in [5.74, 6) is 0.851. The van der Waals surface area contributed by atoms with Crippen LogP contribution in [0.1, 0.15) is 17.0 Å². The van der Waals surface area contributed by atoms with Crippen molar-refractivity contribution in [3.05, 3.63) is 78.3 Å². The third-order valence-electron chi connectivity index (χ3n) is 8.47. The predicted octanol–water partition coefficient (Wildman–Crippen LogP) is 4.44. The highest BCUT2D eigenvalue weighted by Crippen LogP contribution is 2.45. The standard InChI is InChI=1S/C31H32N10S/c1-38-10-12-39(13-11-38)14-15-40-19-25-26(37-40)7-6-24-28-30(33-20-34-31(28)42-29(24)25)36-22-5-8-27-21(16-22)17-35-41(27)18-23-4-2-3-9-32-23/h2-5,8-9,16-17,19-20H,6-7,10-15,18H2,1H3,(H,33,34,36). The summed E-state index contributed by atoms with van der Waals surface area (Å²) in [5.41, 5.74) is 6.82. The van der Waals surface area contributed by atoms with Crippen LogP contribution in [0.2, 0.25) is 0 Å². The number of aromatic nitrogens is 7. The monoisotopic (exact) mass is 576 g/mol. The Bertz CT molecular complexity index is 1880. The van der Waals surface area contributed by atoms with Crippen molar-refractivity contribution in [1.82, 2.24) is 44.3 Å². The van der Waals surface area contributed by atoms with Crippen molar-refractivity contribution in [1.29, 1.82) is 0 Å². The second-order valence-electron chi connectivity index (χ2n) is 11.2. The number of hydrogen-bond donors (Lipinski definition) is 1. The zero-order valence-corrected chi connectivity index (χ0v) is 24.4. The molecule has 1 aliphatic heterocycles. The van der Waals surface area contributed by atoms with E-state index in [0.717, 1.165) is 90.4 Å². The van der Waals surface area contributed by atoms with Crippen molar-refractivity contribution < 1.29 is 0 Å². The predicted molar refractivity (Wildman–Crippen MR) is 166 cm³/mol. The van der Waals surface area contributed by atoms with E-state index >= 15 is 0 Å². The largest absolute Gasteiger partial charge is 0.340 e. The molecule has 6 aromatic rings. The molecule has 42 heavy (non-hydrogen) atoms. The Labute approximate surface area is 247 Å². The summed E-state index contributed by atoms with van der Waals surface area (Å²) < 4.78 is 4.14. The van der Waals surface area contributed by atoms with Crippen LogP contribution in [0.5, 0.6) is 0 Å². The molecule has 1 fully saturated rings. The van der Waals surface area contributed by atoms with Crippen LogP contribution in [0.25, 0.3) is 31.6 Å². The van der Waals surface area contributed by atoms with Gasteiger partial charge in [-0.05, 0) is 55.8 Å². The quantitative estimate of drug-likeness (QED) is 0.298. The van der Waals surface area contributed by atoms with Gasteiger partial charge in [0.25, 0.3) is 0 Å². The number of aryl methyl sites for hydroxylation is 2. The van der Waals surface area contributed by atoms with Gasteiger partial charge >= 0.3 is 0 Å². The third-order valence-corrected chi connectivity index (χ3v) is 9.64. The number of benzene rings is 1. The van der Waals surface area contributed by atoms with Crippen LogP contribution in [0.4, 0.5) is 11.5 Å². The van der Waals surface area contributed by atoms with Crippen molar-refractivity contribution in [3.8, 4) is 10.4 Å². The van der Waals surface area contributed by atoms with E-state index in [0.29, 0.717) is 6.54 Å². The van der Waals surface area contributed by atoms with Crippen LogP contribution < -0.4 is 5.32 Å². The second-order valence-corrected chi connectivity index (χ2v) is 12.2. The first kappa shape index (κ1) is 25.5. The van der Waals surface area contributed by atoms with E-state index in [1.165, 1.54) is 21.7 Å².